The van der Waals surface area contributed by atoms with E-state index in [4.69, 9.17) is 4.74 Å². The highest BCUT2D eigenvalue weighted by molar-refractivity contribution is 5.99. The highest BCUT2D eigenvalue weighted by atomic mass is 16.5. The standard InChI is InChI=1S/C16H16N4O2/c1-22-13-8-3-2-5-10(13)15-14-11(6-4-7-12(14)21)19-16-17-9-18-20(15)16/h2-3,5,8-9,15H,4,6-7H2,1H3,(H,17,18,19). The van der Waals surface area contributed by atoms with E-state index in [9.17, 15) is 4.79 Å². The number of anilines is 1. The normalized spacial score (nSPS) is 20.2. The number of methoxy groups -OCH3 is 1. The molecule has 1 aromatic carbocycles. The molecule has 6 nitrogen and oxygen atoms in total. The van der Waals surface area contributed by atoms with E-state index >= 15 is 0 Å². The number of allylic oxidation sites excluding steroid dienone is 2. The summed E-state index contributed by atoms with van der Waals surface area (Å²) in [7, 11) is 1.64. The number of carbonyl (C=O) groups is 1. The van der Waals surface area contributed by atoms with E-state index in [0.29, 0.717) is 12.4 Å². The SMILES string of the molecule is COc1ccccc1C1C2=C(CCCC2=O)Nc2ncnn21. The van der Waals surface area contributed by atoms with E-state index < -0.39 is 0 Å². The summed E-state index contributed by atoms with van der Waals surface area (Å²) in [5.41, 5.74) is 2.68. The molecule has 0 spiro atoms. The molecule has 0 saturated heterocycles. The molecule has 0 fully saturated rings. The first-order valence-corrected chi connectivity index (χ1v) is 7.35. The van der Waals surface area contributed by atoms with Crippen molar-refractivity contribution in [1.29, 1.82) is 0 Å². The Kier molecular flexibility index (Phi) is 2.96. The summed E-state index contributed by atoms with van der Waals surface area (Å²) in [6.45, 7) is 0. The molecule has 4 rings (SSSR count). The van der Waals surface area contributed by atoms with Crippen LogP contribution in [0.15, 0.2) is 41.9 Å². The van der Waals surface area contributed by atoms with Crippen LogP contribution >= 0.6 is 0 Å². The molecule has 22 heavy (non-hydrogen) atoms. The van der Waals surface area contributed by atoms with E-state index in [2.05, 4.69) is 15.4 Å². The van der Waals surface area contributed by atoms with Gasteiger partial charge in [0.05, 0.1) is 7.11 Å². The number of fused-ring (bicyclic) bond motifs is 1. The molecule has 1 atom stereocenters. The molecule has 6 heteroatoms. The number of aromatic nitrogens is 3. The number of rotatable bonds is 2. The summed E-state index contributed by atoms with van der Waals surface area (Å²) >= 11 is 0. The van der Waals surface area contributed by atoms with Gasteiger partial charge in [0.2, 0.25) is 5.95 Å². The third-order valence-corrected chi connectivity index (χ3v) is 4.24. The molecule has 2 aromatic rings. The Morgan fingerprint density at radius 2 is 2.18 bits per heavy atom. The number of carbonyl (C=O) groups excluding carboxylic acids is 1. The molecule has 112 valence electrons. The Morgan fingerprint density at radius 3 is 3.05 bits per heavy atom. The average Bonchev–Trinajstić information content (AvgIpc) is 3.01. The van der Waals surface area contributed by atoms with E-state index in [-0.39, 0.29) is 11.8 Å². The summed E-state index contributed by atoms with van der Waals surface area (Å²) in [5, 5.41) is 7.57. The Bertz CT molecular complexity index is 778. The van der Waals surface area contributed by atoms with Crippen LogP contribution in [0.3, 0.4) is 0 Å². The van der Waals surface area contributed by atoms with Gasteiger partial charge in [0.25, 0.3) is 0 Å². The number of nitrogens with one attached hydrogen (secondary N) is 1. The van der Waals surface area contributed by atoms with Gasteiger partial charge in [-0.1, -0.05) is 18.2 Å². The van der Waals surface area contributed by atoms with Gasteiger partial charge < -0.3 is 10.1 Å². The van der Waals surface area contributed by atoms with Crippen LogP contribution in [0.5, 0.6) is 5.75 Å². The molecule has 1 aromatic heterocycles. The van der Waals surface area contributed by atoms with Crippen LogP contribution < -0.4 is 10.1 Å². The summed E-state index contributed by atoms with van der Waals surface area (Å²) < 4.78 is 7.25. The lowest BCUT2D eigenvalue weighted by Crippen LogP contribution is -2.31. The minimum Gasteiger partial charge on any atom is -0.496 e. The third kappa shape index (κ3) is 1.83. The molecule has 0 bridgehead atoms. The van der Waals surface area contributed by atoms with Gasteiger partial charge in [-0.25, -0.2) is 4.68 Å². The maximum atomic E-state index is 12.5. The lowest BCUT2D eigenvalue weighted by Gasteiger charge is -2.32. The molecule has 1 N–H and O–H groups in total. The molecule has 0 amide bonds. The molecule has 1 unspecified atom stereocenters. The molecule has 1 aliphatic heterocycles. The highest BCUT2D eigenvalue weighted by Crippen LogP contribution is 2.42. The number of hydrogen-bond acceptors (Lipinski definition) is 5. The van der Waals surface area contributed by atoms with Crippen molar-refractivity contribution >= 4 is 11.7 Å². The first kappa shape index (κ1) is 13.1. The van der Waals surface area contributed by atoms with Crippen molar-refractivity contribution in [3.05, 3.63) is 47.4 Å². The Labute approximate surface area is 127 Å². The van der Waals surface area contributed by atoms with Crippen molar-refractivity contribution in [3.8, 4) is 5.75 Å². The number of nitrogens with zero attached hydrogens (tertiary/aromatic N) is 3. The first-order valence-electron chi connectivity index (χ1n) is 7.35. The van der Waals surface area contributed by atoms with Crippen molar-refractivity contribution in [2.45, 2.75) is 25.3 Å². The summed E-state index contributed by atoms with van der Waals surface area (Å²) in [5.74, 6) is 1.59. The molecule has 0 saturated carbocycles. The van der Waals surface area contributed by atoms with E-state index in [0.717, 1.165) is 35.4 Å². The maximum Gasteiger partial charge on any atom is 0.226 e. The minimum absolute atomic E-state index is 0.172. The highest BCUT2D eigenvalue weighted by Gasteiger charge is 2.37. The van der Waals surface area contributed by atoms with Crippen LogP contribution in [0.25, 0.3) is 0 Å². The smallest absolute Gasteiger partial charge is 0.226 e. The number of para-hydroxylation sites is 1. The summed E-state index contributed by atoms with van der Waals surface area (Å²) in [6.07, 6.45) is 3.82. The maximum absolute atomic E-state index is 12.5. The monoisotopic (exact) mass is 296 g/mol. The molecular formula is C16H16N4O2. The van der Waals surface area contributed by atoms with Crippen molar-refractivity contribution in [1.82, 2.24) is 14.8 Å². The van der Waals surface area contributed by atoms with Crippen LogP contribution in [-0.4, -0.2) is 27.7 Å². The molecule has 1 aliphatic carbocycles. The quantitative estimate of drug-likeness (QED) is 0.921. The second-order valence-corrected chi connectivity index (χ2v) is 5.47. The largest absolute Gasteiger partial charge is 0.496 e. The van der Waals surface area contributed by atoms with Crippen LogP contribution in [0, 0.1) is 0 Å². The molecular weight excluding hydrogens is 280 g/mol. The number of ketones is 1. The predicted molar refractivity (Wildman–Crippen MR) is 80.7 cm³/mol. The number of ether oxygens (including phenoxy) is 1. The van der Waals surface area contributed by atoms with Gasteiger partial charge in [0.15, 0.2) is 5.78 Å². The van der Waals surface area contributed by atoms with Gasteiger partial charge in [0, 0.05) is 23.3 Å². The number of Topliss-reactive ketones (excluding diaryl/α,β-unsaturated/α-hetero) is 1. The summed E-state index contributed by atoms with van der Waals surface area (Å²) in [4.78, 5) is 16.8. The van der Waals surface area contributed by atoms with E-state index in [1.54, 1.807) is 11.8 Å². The van der Waals surface area contributed by atoms with Gasteiger partial charge in [-0.05, 0) is 18.9 Å². The first-order chi connectivity index (χ1) is 10.8. The van der Waals surface area contributed by atoms with Crippen LogP contribution in [0.1, 0.15) is 30.9 Å². The van der Waals surface area contributed by atoms with Crippen LogP contribution in [-0.2, 0) is 4.79 Å². The number of hydrogen-bond donors (Lipinski definition) is 1. The van der Waals surface area contributed by atoms with Gasteiger partial charge in [-0.2, -0.15) is 10.1 Å². The van der Waals surface area contributed by atoms with Gasteiger partial charge >= 0.3 is 0 Å². The lowest BCUT2D eigenvalue weighted by molar-refractivity contribution is -0.116. The minimum atomic E-state index is -0.280. The van der Waals surface area contributed by atoms with Crippen molar-refractivity contribution in [2.24, 2.45) is 0 Å². The fourth-order valence-corrected chi connectivity index (χ4v) is 3.28. The fraction of sp³-hybridized carbons (Fsp3) is 0.312. The van der Waals surface area contributed by atoms with Gasteiger partial charge in [-0.15, -0.1) is 0 Å². The zero-order chi connectivity index (χ0) is 15.1. The topological polar surface area (TPSA) is 69.0 Å². The van der Waals surface area contributed by atoms with Crippen molar-refractivity contribution in [2.75, 3.05) is 12.4 Å². The number of benzene rings is 1. The zero-order valence-electron chi connectivity index (χ0n) is 12.2. The molecule has 2 aliphatic rings. The zero-order valence-corrected chi connectivity index (χ0v) is 12.2. The Hall–Kier alpha value is -2.63. The second kappa shape index (κ2) is 4.98. The molecule has 2 heterocycles. The lowest BCUT2D eigenvalue weighted by atomic mass is 9.85. The fourth-order valence-electron chi connectivity index (χ4n) is 3.28. The van der Waals surface area contributed by atoms with Crippen LogP contribution in [0.2, 0.25) is 0 Å². The van der Waals surface area contributed by atoms with E-state index in [1.165, 1.54) is 6.33 Å². The second-order valence-electron chi connectivity index (χ2n) is 5.47. The van der Waals surface area contributed by atoms with Gasteiger partial charge in [-0.3, -0.25) is 4.79 Å². The van der Waals surface area contributed by atoms with Crippen molar-refractivity contribution < 1.29 is 9.53 Å². The Balaban J connectivity index is 1.95. The average molecular weight is 296 g/mol. The van der Waals surface area contributed by atoms with Crippen molar-refractivity contribution in [3.63, 3.8) is 0 Å². The third-order valence-electron chi connectivity index (χ3n) is 4.24. The van der Waals surface area contributed by atoms with Crippen LogP contribution in [0.4, 0.5) is 5.95 Å². The Morgan fingerprint density at radius 1 is 1.32 bits per heavy atom. The van der Waals surface area contributed by atoms with E-state index in [1.807, 2.05) is 24.3 Å². The summed E-state index contributed by atoms with van der Waals surface area (Å²) in [6, 6.07) is 7.47. The van der Waals surface area contributed by atoms with Gasteiger partial charge in [0.1, 0.15) is 18.1 Å². The predicted octanol–water partition coefficient (Wildman–Crippen LogP) is 2.31. The molecule has 0 radical (unpaired) electrons.